The van der Waals surface area contributed by atoms with Crippen molar-refractivity contribution in [2.75, 3.05) is 33.2 Å². The van der Waals surface area contributed by atoms with Gasteiger partial charge in [0.2, 0.25) is 10.0 Å². The van der Waals surface area contributed by atoms with Gasteiger partial charge in [0.05, 0.1) is 18.9 Å². The number of hydrogen-bond acceptors (Lipinski definition) is 7. The van der Waals surface area contributed by atoms with Crippen molar-refractivity contribution in [3.05, 3.63) is 45.8 Å². The van der Waals surface area contributed by atoms with Crippen molar-refractivity contribution in [3.63, 3.8) is 0 Å². The maximum Gasteiger partial charge on any atom is 0.284 e. The average molecular weight is 400 g/mol. The molecule has 1 aliphatic rings. The van der Waals surface area contributed by atoms with Crippen LogP contribution in [0, 0.1) is 10.1 Å². The highest BCUT2D eigenvalue weighted by Gasteiger charge is 2.29. The summed E-state index contributed by atoms with van der Waals surface area (Å²) in [6.45, 7) is 2.07. The van der Waals surface area contributed by atoms with Gasteiger partial charge < -0.3 is 4.90 Å². The normalized spacial score (nSPS) is 16.8. The molecule has 0 bridgehead atoms. The van der Waals surface area contributed by atoms with E-state index in [2.05, 4.69) is 4.90 Å². The van der Waals surface area contributed by atoms with Crippen molar-refractivity contribution in [1.82, 2.24) is 9.21 Å². The molecule has 0 spiro atoms. The van der Waals surface area contributed by atoms with Crippen LogP contribution in [-0.2, 0) is 10.0 Å². The van der Waals surface area contributed by atoms with Crippen molar-refractivity contribution in [1.29, 1.82) is 0 Å². The Labute approximate surface area is 154 Å². The Morgan fingerprint density at radius 1 is 1.20 bits per heavy atom. The number of likely N-dealkylation sites (N-methyl/N-ethyl adjacent to an activating group) is 1. The summed E-state index contributed by atoms with van der Waals surface area (Å²) in [5, 5.41) is 13.3. The lowest BCUT2D eigenvalue weighted by Gasteiger charge is -2.31. The highest BCUT2D eigenvalue weighted by molar-refractivity contribution is 8.01. The molecule has 0 radical (unpaired) electrons. The minimum Gasteiger partial charge on any atom is -0.304 e. The molecule has 7 nitrogen and oxygen atoms in total. The molecule has 0 saturated carbocycles. The van der Waals surface area contributed by atoms with E-state index in [1.807, 2.05) is 24.6 Å². The third kappa shape index (κ3) is 4.04. The first-order valence-corrected chi connectivity index (χ1v) is 10.7. The molecule has 0 N–H and O–H groups in total. The fourth-order valence-electron chi connectivity index (χ4n) is 2.49. The Balaban J connectivity index is 1.92. The third-order valence-electron chi connectivity index (χ3n) is 3.93. The van der Waals surface area contributed by atoms with Crippen LogP contribution in [0.25, 0.3) is 0 Å². The Morgan fingerprint density at radius 3 is 2.52 bits per heavy atom. The molecule has 10 heteroatoms. The van der Waals surface area contributed by atoms with E-state index in [1.165, 1.54) is 45.6 Å². The molecule has 3 rings (SSSR count). The van der Waals surface area contributed by atoms with Gasteiger partial charge in [0.15, 0.2) is 0 Å². The topological polar surface area (TPSA) is 83.8 Å². The zero-order chi connectivity index (χ0) is 18.0. The second kappa shape index (κ2) is 7.42. The van der Waals surface area contributed by atoms with Gasteiger partial charge in [-0.1, -0.05) is 17.8 Å². The zero-order valence-corrected chi connectivity index (χ0v) is 15.9. The fraction of sp³-hybridized carbons (Fsp3) is 0.333. The van der Waals surface area contributed by atoms with Crippen LogP contribution in [0.15, 0.2) is 49.7 Å². The standard InChI is InChI=1S/C15H17N3O4S3/c1-16-6-8-17(9-7-16)25(21,22)12-4-5-14(13(11-12)18(19)20)24-15-3-2-10-23-15/h2-5,10-11H,6-9H2,1H3. The molecular formula is C15H17N3O4S3. The zero-order valence-electron chi connectivity index (χ0n) is 13.5. The molecule has 1 aromatic carbocycles. The summed E-state index contributed by atoms with van der Waals surface area (Å²) >= 11 is 2.75. The van der Waals surface area contributed by atoms with E-state index in [0.29, 0.717) is 31.1 Å². The summed E-state index contributed by atoms with van der Waals surface area (Å²) in [4.78, 5) is 13.4. The van der Waals surface area contributed by atoms with Crippen molar-refractivity contribution >= 4 is 38.8 Å². The number of thiophene rings is 1. The van der Waals surface area contributed by atoms with Crippen LogP contribution in [-0.4, -0.2) is 55.8 Å². The summed E-state index contributed by atoms with van der Waals surface area (Å²) < 4.78 is 27.9. The highest BCUT2D eigenvalue weighted by atomic mass is 32.2. The number of nitrogens with zero attached hydrogens (tertiary/aromatic N) is 3. The molecule has 134 valence electrons. The Bertz CT molecular complexity index is 860. The van der Waals surface area contributed by atoms with Crippen LogP contribution in [0.5, 0.6) is 0 Å². The quantitative estimate of drug-likeness (QED) is 0.568. The van der Waals surface area contributed by atoms with Crippen molar-refractivity contribution < 1.29 is 13.3 Å². The van der Waals surface area contributed by atoms with E-state index >= 15 is 0 Å². The van der Waals surface area contributed by atoms with E-state index in [0.717, 1.165) is 4.21 Å². The molecule has 1 saturated heterocycles. The molecule has 2 heterocycles. The van der Waals surface area contributed by atoms with Gasteiger partial charge in [0.1, 0.15) is 0 Å². The molecule has 1 aliphatic heterocycles. The van der Waals surface area contributed by atoms with Gasteiger partial charge in [-0.15, -0.1) is 11.3 Å². The van der Waals surface area contributed by atoms with E-state index in [9.17, 15) is 18.5 Å². The van der Waals surface area contributed by atoms with Gasteiger partial charge >= 0.3 is 0 Å². The number of nitro groups is 1. The number of hydrogen-bond donors (Lipinski definition) is 0. The molecule has 0 aliphatic carbocycles. The molecule has 0 amide bonds. The number of rotatable bonds is 5. The lowest BCUT2D eigenvalue weighted by Crippen LogP contribution is -2.47. The van der Waals surface area contributed by atoms with Crippen LogP contribution >= 0.6 is 23.1 Å². The monoisotopic (exact) mass is 399 g/mol. The first-order chi connectivity index (χ1) is 11.9. The molecule has 1 aromatic heterocycles. The van der Waals surface area contributed by atoms with Gasteiger partial charge in [-0.3, -0.25) is 10.1 Å². The maximum absolute atomic E-state index is 12.8. The van der Waals surface area contributed by atoms with E-state index < -0.39 is 14.9 Å². The van der Waals surface area contributed by atoms with Gasteiger partial charge in [-0.05, 0) is 30.6 Å². The summed E-state index contributed by atoms with van der Waals surface area (Å²) in [6, 6.07) is 7.88. The minimum atomic E-state index is -3.72. The molecule has 0 unspecified atom stereocenters. The van der Waals surface area contributed by atoms with Gasteiger partial charge in [0.25, 0.3) is 5.69 Å². The summed E-state index contributed by atoms with van der Waals surface area (Å²) in [5.74, 6) is 0. The van der Waals surface area contributed by atoms with Crippen LogP contribution in [0.1, 0.15) is 0 Å². The van der Waals surface area contributed by atoms with E-state index in [4.69, 9.17) is 0 Å². The SMILES string of the molecule is CN1CCN(S(=O)(=O)c2ccc(Sc3cccs3)c([N+](=O)[O-])c2)CC1. The van der Waals surface area contributed by atoms with E-state index in [1.54, 1.807) is 0 Å². The van der Waals surface area contributed by atoms with Crippen LogP contribution in [0.3, 0.4) is 0 Å². The minimum absolute atomic E-state index is 0.0284. The summed E-state index contributed by atoms with van der Waals surface area (Å²) in [7, 11) is -1.79. The second-order valence-corrected chi connectivity index (χ2v) is 9.86. The van der Waals surface area contributed by atoms with Crippen LogP contribution < -0.4 is 0 Å². The summed E-state index contributed by atoms with van der Waals surface area (Å²) in [5.41, 5.74) is -0.186. The average Bonchev–Trinajstić information content (AvgIpc) is 3.08. The molecule has 1 fully saturated rings. The first kappa shape index (κ1) is 18.3. The van der Waals surface area contributed by atoms with Crippen molar-refractivity contribution in [3.8, 4) is 0 Å². The Hall–Kier alpha value is -1.46. The number of nitro benzene ring substituents is 1. The molecule has 25 heavy (non-hydrogen) atoms. The van der Waals surface area contributed by atoms with Gasteiger partial charge in [0, 0.05) is 32.2 Å². The second-order valence-electron chi connectivity index (χ2n) is 5.63. The first-order valence-electron chi connectivity index (χ1n) is 7.56. The number of benzene rings is 1. The van der Waals surface area contributed by atoms with E-state index in [-0.39, 0.29) is 10.6 Å². The number of piperazine rings is 1. The van der Waals surface area contributed by atoms with Crippen LogP contribution in [0.4, 0.5) is 5.69 Å². The third-order valence-corrected chi connectivity index (χ3v) is 7.93. The van der Waals surface area contributed by atoms with Gasteiger partial charge in [-0.25, -0.2) is 8.42 Å². The van der Waals surface area contributed by atoms with Crippen molar-refractivity contribution in [2.45, 2.75) is 14.0 Å². The lowest BCUT2D eigenvalue weighted by molar-refractivity contribution is -0.388. The largest absolute Gasteiger partial charge is 0.304 e. The van der Waals surface area contributed by atoms with Crippen molar-refractivity contribution in [2.24, 2.45) is 0 Å². The summed E-state index contributed by atoms with van der Waals surface area (Å²) in [6.07, 6.45) is 0. The lowest BCUT2D eigenvalue weighted by atomic mass is 10.3. The van der Waals surface area contributed by atoms with Crippen LogP contribution in [0.2, 0.25) is 0 Å². The molecule has 0 atom stereocenters. The Morgan fingerprint density at radius 2 is 1.92 bits per heavy atom. The smallest absolute Gasteiger partial charge is 0.284 e. The maximum atomic E-state index is 12.8. The fourth-order valence-corrected chi connectivity index (χ4v) is 5.75. The Kier molecular flexibility index (Phi) is 5.44. The van der Waals surface area contributed by atoms with Gasteiger partial charge in [-0.2, -0.15) is 4.31 Å². The predicted molar refractivity (Wildman–Crippen MR) is 97.8 cm³/mol. The molecular weight excluding hydrogens is 382 g/mol. The predicted octanol–water partition coefficient (Wildman–Crippen LogP) is 2.74. The highest BCUT2D eigenvalue weighted by Crippen LogP contribution is 2.38. The molecule has 2 aromatic rings. The number of sulfonamides is 1.